The van der Waals surface area contributed by atoms with E-state index < -0.39 is 24.3 Å². The first-order valence-electron chi connectivity index (χ1n) is 3.56. The van der Waals surface area contributed by atoms with E-state index in [0.29, 0.717) is 0 Å². The van der Waals surface area contributed by atoms with Gasteiger partial charge < -0.3 is 14.9 Å². The molecule has 0 aromatic rings. The van der Waals surface area contributed by atoms with Crippen molar-refractivity contribution in [3.8, 4) is 0 Å². The number of carbonyl (C=O) groups is 1. The zero-order valence-corrected chi connectivity index (χ0v) is 5.57. The summed E-state index contributed by atoms with van der Waals surface area (Å²) in [6.45, 7) is 1.59. The van der Waals surface area contributed by atoms with Gasteiger partial charge in [0.2, 0.25) is 0 Å². The maximum atomic E-state index is 10.7. The molecule has 3 unspecified atom stereocenters. The van der Waals surface area contributed by atoms with Crippen LogP contribution in [0.5, 0.6) is 0 Å². The lowest BCUT2D eigenvalue weighted by atomic mass is 10.0. The second-order valence-electron chi connectivity index (χ2n) is 2.35. The number of ether oxygens (including phenoxy) is 1. The maximum Gasteiger partial charge on any atom is 0.337 e. The van der Waals surface area contributed by atoms with Gasteiger partial charge in [0, 0.05) is 6.42 Å². The molecule has 1 rings (SSSR count). The minimum atomic E-state index is -2.48. The van der Waals surface area contributed by atoms with E-state index in [9.17, 15) is 4.79 Å². The number of esters is 1. The highest BCUT2D eigenvalue weighted by Crippen LogP contribution is 2.14. The van der Waals surface area contributed by atoms with E-state index in [1.165, 1.54) is 0 Å². The first-order valence-corrected chi connectivity index (χ1v) is 3.06. The Labute approximate surface area is 59.8 Å². The second kappa shape index (κ2) is 2.56. The smallest absolute Gasteiger partial charge is 0.337 e. The third-order valence-electron chi connectivity index (χ3n) is 1.39. The Balaban J connectivity index is 2.76. The summed E-state index contributed by atoms with van der Waals surface area (Å²) in [7, 11) is 0. The van der Waals surface area contributed by atoms with Crippen LogP contribution in [0.3, 0.4) is 0 Å². The fourth-order valence-corrected chi connectivity index (χ4v) is 0.853. The van der Waals surface area contributed by atoms with Gasteiger partial charge in [-0.15, -0.1) is 0 Å². The number of hydrogen-bond acceptors (Lipinski definition) is 4. The lowest BCUT2D eigenvalue weighted by Gasteiger charge is -2.26. The van der Waals surface area contributed by atoms with Gasteiger partial charge >= 0.3 is 5.97 Å². The Morgan fingerprint density at radius 1 is 1.80 bits per heavy atom. The van der Waals surface area contributed by atoms with Crippen molar-refractivity contribution in [1.82, 2.24) is 0 Å². The van der Waals surface area contributed by atoms with E-state index in [2.05, 4.69) is 4.74 Å². The minimum absolute atomic E-state index is 0.103. The number of cyclic esters (lactones) is 1. The molecule has 0 spiro atoms. The predicted molar refractivity (Wildman–Crippen MR) is 32.2 cm³/mol. The van der Waals surface area contributed by atoms with Crippen LogP contribution in [0.15, 0.2) is 0 Å². The first-order chi connectivity index (χ1) is 4.94. The van der Waals surface area contributed by atoms with Crippen LogP contribution in [0.1, 0.15) is 14.7 Å². The number of carbonyl (C=O) groups excluding carboxylic acids is 1. The lowest BCUT2D eigenvalue weighted by molar-refractivity contribution is -0.177. The maximum absolute atomic E-state index is 10.7. The lowest BCUT2D eigenvalue weighted by Crippen LogP contribution is -2.44. The monoisotopic (exact) mass is 148 g/mol. The van der Waals surface area contributed by atoms with Gasteiger partial charge in [-0.25, -0.2) is 4.79 Å². The molecule has 0 aliphatic carbocycles. The van der Waals surface area contributed by atoms with E-state index in [4.69, 9.17) is 11.6 Å². The van der Waals surface area contributed by atoms with Gasteiger partial charge in [-0.05, 0) is 6.92 Å². The normalized spacial score (nSPS) is 49.9. The SMILES string of the molecule is [3H]C1(O)C(=O)OC(C)CC1O. The van der Waals surface area contributed by atoms with Gasteiger partial charge in [0.15, 0.2) is 6.08 Å². The number of aliphatic hydroxyl groups is 2. The number of hydrogen-bond donors (Lipinski definition) is 2. The molecule has 3 atom stereocenters. The van der Waals surface area contributed by atoms with E-state index >= 15 is 0 Å². The summed E-state index contributed by atoms with van der Waals surface area (Å²) in [6, 6.07) is 0. The summed E-state index contributed by atoms with van der Waals surface area (Å²) < 4.78 is 11.5. The van der Waals surface area contributed by atoms with E-state index in [0.717, 1.165) is 0 Å². The van der Waals surface area contributed by atoms with Crippen LogP contribution in [-0.4, -0.2) is 34.5 Å². The van der Waals surface area contributed by atoms with E-state index in [-0.39, 0.29) is 6.42 Å². The summed E-state index contributed by atoms with van der Waals surface area (Å²) in [6.07, 6.45) is -4.15. The zero-order valence-electron chi connectivity index (χ0n) is 6.57. The van der Waals surface area contributed by atoms with Crippen molar-refractivity contribution >= 4 is 5.97 Å². The molecular formula is C6H10O4. The van der Waals surface area contributed by atoms with Crippen LogP contribution in [0, 0.1) is 0 Å². The third kappa shape index (κ3) is 1.27. The average molecular weight is 148 g/mol. The molecule has 4 nitrogen and oxygen atoms in total. The van der Waals surface area contributed by atoms with E-state index in [1.807, 2.05) is 0 Å². The Hall–Kier alpha value is -0.610. The molecule has 0 aromatic heterocycles. The van der Waals surface area contributed by atoms with Gasteiger partial charge in [0.05, 0.1) is 7.47 Å². The molecule has 0 amide bonds. The van der Waals surface area contributed by atoms with Gasteiger partial charge in [-0.2, -0.15) is 0 Å². The number of rotatable bonds is 0. The van der Waals surface area contributed by atoms with Crippen molar-refractivity contribution in [2.45, 2.75) is 31.6 Å². The van der Waals surface area contributed by atoms with Crippen molar-refractivity contribution in [2.24, 2.45) is 0 Å². The molecule has 1 fully saturated rings. The van der Waals surface area contributed by atoms with Crippen LogP contribution in [-0.2, 0) is 9.53 Å². The minimum Gasteiger partial charge on any atom is -0.461 e. The van der Waals surface area contributed by atoms with Crippen LogP contribution in [0.2, 0.25) is 0 Å². The Kier molecular flexibility index (Phi) is 1.56. The first kappa shape index (κ1) is 6.12. The van der Waals surface area contributed by atoms with Crippen LogP contribution < -0.4 is 0 Å². The summed E-state index contributed by atoms with van der Waals surface area (Å²) >= 11 is 0. The molecule has 0 radical (unpaired) electrons. The quantitative estimate of drug-likeness (QED) is 0.434. The van der Waals surface area contributed by atoms with Crippen molar-refractivity contribution in [2.75, 3.05) is 0 Å². The van der Waals surface area contributed by atoms with Gasteiger partial charge in [0.1, 0.15) is 6.10 Å². The van der Waals surface area contributed by atoms with Gasteiger partial charge in [-0.3, -0.25) is 0 Å². The molecule has 58 valence electrons. The molecule has 1 aliphatic rings. The highest BCUT2D eigenvalue weighted by Gasteiger charge is 2.33. The molecule has 1 heterocycles. The summed E-state index contributed by atoms with van der Waals surface area (Å²) in [5.41, 5.74) is 0. The molecule has 1 aliphatic heterocycles. The fraction of sp³-hybridized carbons (Fsp3) is 0.833. The highest BCUT2D eigenvalue weighted by molar-refractivity contribution is 5.76. The summed E-state index contributed by atoms with van der Waals surface area (Å²) in [5, 5.41) is 18.0. The topological polar surface area (TPSA) is 66.8 Å². The Morgan fingerprint density at radius 3 is 2.90 bits per heavy atom. The molecule has 4 heteroatoms. The van der Waals surface area contributed by atoms with Gasteiger partial charge in [-0.1, -0.05) is 0 Å². The van der Waals surface area contributed by atoms with E-state index in [1.54, 1.807) is 6.92 Å². The highest BCUT2D eigenvalue weighted by atomic mass is 16.6. The standard InChI is InChI=1S/C6H10O4/c1-3-2-4(7)5(8)6(9)10-3/h3-5,7-8H,2H2,1H3/i5T. The molecule has 0 bridgehead atoms. The van der Waals surface area contributed by atoms with Crippen molar-refractivity contribution < 1.29 is 21.1 Å². The summed E-state index contributed by atoms with van der Waals surface area (Å²) in [5.74, 6) is -1.08. The Bertz CT molecular complexity index is 179. The van der Waals surface area contributed by atoms with Gasteiger partial charge in [0.25, 0.3) is 0 Å². The predicted octanol–water partition coefficient (Wildman–Crippen LogP) is -0.956. The zero-order chi connectivity index (χ0) is 8.65. The average Bonchev–Trinajstić information content (AvgIpc) is 1.84. The molecule has 0 saturated carbocycles. The molecule has 2 N–H and O–H groups in total. The largest absolute Gasteiger partial charge is 0.461 e. The second-order valence-corrected chi connectivity index (χ2v) is 2.35. The molecule has 1 saturated heterocycles. The van der Waals surface area contributed by atoms with Crippen LogP contribution in [0.25, 0.3) is 0 Å². The number of aliphatic hydroxyl groups excluding tert-OH is 1. The van der Waals surface area contributed by atoms with Crippen molar-refractivity contribution in [3.63, 3.8) is 0 Å². The van der Waals surface area contributed by atoms with Crippen LogP contribution >= 0.6 is 0 Å². The summed E-state index contributed by atoms with van der Waals surface area (Å²) in [4.78, 5) is 10.7. The Morgan fingerprint density at radius 2 is 2.40 bits per heavy atom. The fourth-order valence-electron chi connectivity index (χ4n) is 0.853. The van der Waals surface area contributed by atoms with Crippen LogP contribution in [0.4, 0.5) is 0 Å². The van der Waals surface area contributed by atoms with Crippen molar-refractivity contribution in [3.05, 3.63) is 0 Å². The third-order valence-corrected chi connectivity index (χ3v) is 1.39. The van der Waals surface area contributed by atoms with Crippen molar-refractivity contribution in [1.29, 1.82) is 0 Å². The molecule has 0 aromatic carbocycles. The molecular weight excluding hydrogens is 136 g/mol. The molecule has 10 heavy (non-hydrogen) atoms.